The van der Waals surface area contributed by atoms with E-state index < -0.39 is 10.0 Å². The minimum absolute atomic E-state index is 0.0804. The molecule has 1 aromatic carbocycles. The molecule has 0 spiro atoms. The van der Waals surface area contributed by atoms with Gasteiger partial charge in [0.1, 0.15) is 12.8 Å². The molecule has 3 aromatic heterocycles. The first-order valence-electron chi connectivity index (χ1n) is 12.8. The van der Waals surface area contributed by atoms with Crippen LogP contribution in [0.15, 0.2) is 55.0 Å². The Morgan fingerprint density at radius 3 is 2.63 bits per heavy atom. The molecule has 1 unspecified atom stereocenters. The number of sulfonamides is 1. The maximum atomic E-state index is 11.8. The first-order valence-corrected chi connectivity index (χ1v) is 14.6. The summed E-state index contributed by atoms with van der Waals surface area (Å²) in [5.41, 5.74) is 3.35. The summed E-state index contributed by atoms with van der Waals surface area (Å²) < 4.78 is 40.7. The number of ether oxygens (including phenoxy) is 2. The molecular formula is C26H33N7O4S. The van der Waals surface area contributed by atoms with Gasteiger partial charge in [0.15, 0.2) is 11.4 Å². The number of fused-ring (bicyclic) bond motifs is 1. The highest BCUT2D eigenvalue weighted by atomic mass is 32.2. The molecular weight excluding hydrogens is 506 g/mol. The Hall–Kier alpha value is -3.48. The van der Waals surface area contributed by atoms with E-state index >= 15 is 0 Å². The molecule has 1 atom stereocenters. The largest absolute Gasteiger partial charge is 0.484 e. The maximum absolute atomic E-state index is 11.8. The number of hydrogen-bond acceptors (Lipinski definition) is 8. The topological polar surface area (TPSA) is 116 Å². The van der Waals surface area contributed by atoms with E-state index in [9.17, 15) is 8.42 Å². The monoisotopic (exact) mass is 539 g/mol. The van der Waals surface area contributed by atoms with Gasteiger partial charge in [-0.05, 0) is 38.3 Å². The fourth-order valence-corrected chi connectivity index (χ4v) is 5.47. The average molecular weight is 540 g/mol. The van der Waals surface area contributed by atoms with Crippen LogP contribution in [0.3, 0.4) is 0 Å². The normalized spacial score (nSPS) is 16.1. The lowest BCUT2D eigenvalue weighted by Crippen LogP contribution is -2.41. The summed E-state index contributed by atoms with van der Waals surface area (Å²) in [7, 11) is -3.18. The summed E-state index contributed by atoms with van der Waals surface area (Å²) >= 11 is 0. The smallest absolute Gasteiger partial charge is 0.243 e. The molecule has 4 aromatic rings. The molecule has 0 saturated carbocycles. The lowest BCUT2D eigenvalue weighted by atomic mass is 10.1. The van der Waals surface area contributed by atoms with Crippen LogP contribution in [0.1, 0.15) is 38.5 Å². The summed E-state index contributed by atoms with van der Waals surface area (Å²) in [6.07, 6.45) is 8.01. The van der Waals surface area contributed by atoms with Crippen LogP contribution in [0.25, 0.3) is 16.8 Å². The second kappa shape index (κ2) is 11.1. The summed E-state index contributed by atoms with van der Waals surface area (Å²) in [6.45, 7) is 5.82. The molecule has 1 saturated heterocycles. The van der Waals surface area contributed by atoms with Crippen molar-refractivity contribution in [1.29, 1.82) is 0 Å². The molecule has 5 rings (SSSR count). The lowest BCUT2D eigenvalue weighted by Gasteiger charge is -2.30. The van der Waals surface area contributed by atoms with Crippen molar-refractivity contribution in [1.82, 2.24) is 28.7 Å². The zero-order valence-electron chi connectivity index (χ0n) is 21.8. The molecule has 0 radical (unpaired) electrons. The number of nitrogens with zero attached hydrogens (tertiary/aromatic N) is 6. The van der Waals surface area contributed by atoms with Crippen LogP contribution in [0, 0.1) is 0 Å². The van der Waals surface area contributed by atoms with E-state index in [-0.39, 0.29) is 12.3 Å². The Kier molecular flexibility index (Phi) is 7.63. The summed E-state index contributed by atoms with van der Waals surface area (Å²) in [5.74, 6) is 1.08. The van der Waals surface area contributed by atoms with Gasteiger partial charge >= 0.3 is 0 Å². The van der Waals surface area contributed by atoms with Crippen LogP contribution in [0.4, 0.5) is 5.95 Å². The standard InChI is InChI=1S/C26H33N7O4S/c1-4-36-19(2)33-17-21(16-27-33)23-12-15-32-25(24(23)37-18-20-8-6-5-7-9-20)29-26(30-32)28-22-10-13-31(14-11-22)38(3,34)35/h5-9,12,15-17,19,22H,4,10-11,13-14,18H2,1-3H3,(H,28,30). The summed E-state index contributed by atoms with van der Waals surface area (Å²) in [5, 5.41) is 12.5. The second-order valence-electron chi connectivity index (χ2n) is 9.38. The van der Waals surface area contributed by atoms with Crippen LogP contribution in [0.2, 0.25) is 0 Å². The fraction of sp³-hybridized carbons (Fsp3) is 0.423. The second-order valence-corrected chi connectivity index (χ2v) is 11.4. The van der Waals surface area contributed by atoms with Gasteiger partial charge in [0.05, 0.1) is 12.5 Å². The predicted octanol–water partition coefficient (Wildman–Crippen LogP) is 3.56. The van der Waals surface area contributed by atoms with E-state index in [0.717, 1.165) is 16.7 Å². The van der Waals surface area contributed by atoms with Gasteiger partial charge in [-0.3, -0.25) is 0 Å². The van der Waals surface area contributed by atoms with Gasteiger partial charge in [0.2, 0.25) is 16.0 Å². The predicted molar refractivity (Wildman–Crippen MR) is 144 cm³/mol. The average Bonchev–Trinajstić information content (AvgIpc) is 3.55. The highest BCUT2D eigenvalue weighted by Gasteiger charge is 2.26. The molecule has 4 heterocycles. The Bertz CT molecular complexity index is 1480. The van der Waals surface area contributed by atoms with Gasteiger partial charge in [-0.1, -0.05) is 30.3 Å². The quantitative estimate of drug-likeness (QED) is 0.325. The van der Waals surface area contributed by atoms with Crippen LogP contribution in [0.5, 0.6) is 5.75 Å². The van der Waals surface area contributed by atoms with Crippen LogP contribution < -0.4 is 10.1 Å². The third-order valence-corrected chi connectivity index (χ3v) is 7.94. The molecule has 1 aliphatic heterocycles. The van der Waals surface area contributed by atoms with Gasteiger partial charge in [-0.2, -0.15) is 10.1 Å². The van der Waals surface area contributed by atoms with E-state index in [0.29, 0.717) is 56.5 Å². The molecule has 0 amide bonds. The number of hydrogen-bond donors (Lipinski definition) is 1. The first-order chi connectivity index (χ1) is 18.3. The minimum atomic E-state index is -3.18. The SMILES string of the molecule is CCOC(C)n1cc(-c2ccn3nc(NC4CCN(S(C)(=O)=O)CC4)nc3c2OCc2ccccc2)cn1. The summed E-state index contributed by atoms with van der Waals surface area (Å²) in [6, 6.07) is 12.0. The highest BCUT2D eigenvalue weighted by molar-refractivity contribution is 7.88. The van der Waals surface area contributed by atoms with Gasteiger partial charge < -0.3 is 14.8 Å². The van der Waals surface area contributed by atoms with Crippen molar-refractivity contribution >= 4 is 21.6 Å². The Balaban J connectivity index is 1.43. The zero-order valence-corrected chi connectivity index (χ0v) is 22.6. The zero-order chi connectivity index (χ0) is 26.7. The molecule has 0 aliphatic carbocycles. The molecule has 11 nitrogen and oxygen atoms in total. The van der Waals surface area contributed by atoms with Gasteiger partial charge in [0, 0.05) is 49.3 Å². The van der Waals surface area contributed by atoms with Crippen LogP contribution >= 0.6 is 0 Å². The third-order valence-electron chi connectivity index (χ3n) is 6.64. The number of pyridine rings is 1. The van der Waals surface area contributed by atoms with E-state index in [1.807, 2.05) is 62.6 Å². The van der Waals surface area contributed by atoms with Crippen molar-refractivity contribution in [2.75, 3.05) is 31.3 Å². The Morgan fingerprint density at radius 2 is 1.92 bits per heavy atom. The minimum Gasteiger partial charge on any atom is -0.484 e. The number of benzene rings is 1. The lowest BCUT2D eigenvalue weighted by molar-refractivity contribution is 0.0160. The number of piperidine rings is 1. The van der Waals surface area contributed by atoms with Crippen molar-refractivity contribution in [2.24, 2.45) is 0 Å². The molecule has 1 N–H and O–H groups in total. The Morgan fingerprint density at radius 1 is 1.16 bits per heavy atom. The number of aromatic nitrogens is 5. The summed E-state index contributed by atoms with van der Waals surface area (Å²) in [4.78, 5) is 4.78. The van der Waals surface area contributed by atoms with E-state index in [1.54, 1.807) is 15.4 Å². The van der Waals surface area contributed by atoms with Gasteiger partial charge in [-0.25, -0.2) is 21.9 Å². The van der Waals surface area contributed by atoms with Crippen molar-refractivity contribution in [3.05, 3.63) is 60.6 Å². The number of anilines is 1. The van der Waals surface area contributed by atoms with Crippen molar-refractivity contribution in [3.63, 3.8) is 0 Å². The number of rotatable bonds is 10. The first kappa shape index (κ1) is 26.1. The molecule has 12 heteroatoms. The molecule has 1 fully saturated rings. The van der Waals surface area contributed by atoms with Crippen LogP contribution in [-0.2, 0) is 21.4 Å². The highest BCUT2D eigenvalue weighted by Crippen LogP contribution is 2.34. The molecule has 202 valence electrons. The van der Waals surface area contributed by atoms with E-state index in [4.69, 9.17) is 14.5 Å². The molecule has 0 bridgehead atoms. The van der Waals surface area contributed by atoms with E-state index in [1.165, 1.54) is 10.6 Å². The van der Waals surface area contributed by atoms with Gasteiger partial charge in [0.25, 0.3) is 0 Å². The fourth-order valence-electron chi connectivity index (χ4n) is 4.59. The molecule has 1 aliphatic rings. The van der Waals surface area contributed by atoms with Crippen molar-refractivity contribution < 1.29 is 17.9 Å². The third kappa shape index (κ3) is 5.82. The maximum Gasteiger partial charge on any atom is 0.243 e. The number of nitrogens with one attached hydrogen (secondary N) is 1. The van der Waals surface area contributed by atoms with Crippen LogP contribution in [-0.4, -0.2) is 69.1 Å². The van der Waals surface area contributed by atoms with Crippen molar-refractivity contribution in [3.8, 4) is 16.9 Å². The van der Waals surface area contributed by atoms with Crippen molar-refractivity contribution in [2.45, 2.75) is 45.6 Å². The Labute approximate surface area is 222 Å². The van der Waals surface area contributed by atoms with Gasteiger partial charge in [-0.15, -0.1) is 5.10 Å². The molecule has 38 heavy (non-hydrogen) atoms. The van der Waals surface area contributed by atoms with E-state index in [2.05, 4.69) is 15.5 Å².